The highest BCUT2D eigenvalue weighted by Crippen LogP contribution is 2.28. The van der Waals surface area contributed by atoms with Crippen molar-refractivity contribution in [3.63, 3.8) is 0 Å². The highest BCUT2D eigenvalue weighted by atomic mass is 16.3. The van der Waals surface area contributed by atoms with Crippen LogP contribution in [0.25, 0.3) is 10.9 Å². The zero-order valence-electron chi connectivity index (χ0n) is 13.1. The number of aromatic nitrogens is 1. The lowest BCUT2D eigenvalue weighted by atomic mass is 10.1. The van der Waals surface area contributed by atoms with Gasteiger partial charge in [-0.2, -0.15) is 5.26 Å². The Kier molecular flexibility index (Phi) is 3.79. The van der Waals surface area contributed by atoms with E-state index in [-0.39, 0.29) is 5.75 Å². The zero-order valence-corrected chi connectivity index (χ0v) is 13.1. The van der Waals surface area contributed by atoms with Crippen LogP contribution < -0.4 is 0 Å². The first kappa shape index (κ1) is 14.8. The fraction of sp³-hybridized carbons (Fsp3) is 0.150. The molecule has 23 heavy (non-hydrogen) atoms. The maximum atomic E-state index is 9.72. The maximum absolute atomic E-state index is 9.72. The Labute approximate surface area is 135 Å². The van der Waals surface area contributed by atoms with Crippen molar-refractivity contribution in [3.05, 3.63) is 64.8 Å². The van der Waals surface area contributed by atoms with Crippen LogP contribution in [0.1, 0.15) is 29.3 Å². The van der Waals surface area contributed by atoms with Crippen molar-refractivity contribution in [2.24, 2.45) is 0 Å². The Morgan fingerprint density at radius 1 is 1.09 bits per heavy atom. The number of aromatic hydroxyl groups is 1. The molecular weight excluding hydrogens is 284 g/mol. The van der Waals surface area contributed by atoms with Crippen LogP contribution in [0.3, 0.4) is 0 Å². The number of benzene rings is 2. The van der Waals surface area contributed by atoms with Gasteiger partial charge in [-0.25, -0.2) is 0 Å². The molecule has 112 valence electrons. The number of phenolic OH excluding ortho intramolecular Hbond substituents is 1. The average Bonchev–Trinajstić information content (AvgIpc) is 2.86. The molecule has 0 saturated carbocycles. The molecule has 0 aliphatic carbocycles. The molecule has 0 aliphatic rings. The Hall–Kier alpha value is -3.17. The summed E-state index contributed by atoms with van der Waals surface area (Å²) in [5.74, 6) is 6.45. The second-order valence-corrected chi connectivity index (χ2v) is 5.40. The molecule has 0 saturated heterocycles. The lowest BCUT2D eigenvalue weighted by Crippen LogP contribution is -1.98. The SMILES string of the molecule is CCn1c(C#Cc2ccc(C)cc2)c(C#N)c2ccc(O)cc21. The summed E-state index contributed by atoms with van der Waals surface area (Å²) >= 11 is 0. The van der Waals surface area contributed by atoms with Gasteiger partial charge in [-0.05, 0) is 44.0 Å². The molecule has 0 spiro atoms. The number of hydrogen-bond acceptors (Lipinski definition) is 2. The molecule has 0 fully saturated rings. The summed E-state index contributed by atoms with van der Waals surface area (Å²) in [6, 6.07) is 15.3. The summed E-state index contributed by atoms with van der Waals surface area (Å²) in [5.41, 5.74) is 4.18. The molecule has 0 unspecified atom stereocenters. The molecule has 3 heteroatoms. The predicted octanol–water partition coefficient (Wildman–Crippen LogP) is 3.95. The van der Waals surface area contributed by atoms with E-state index in [9.17, 15) is 10.4 Å². The lowest BCUT2D eigenvalue weighted by molar-refractivity contribution is 0.476. The van der Waals surface area contributed by atoms with Gasteiger partial charge in [0.25, 0.3) is 0 Å². The number of aryl methyl sites for hydroxylation is 2. The molecular formula is C20H16N2O. The molecule has 0 atom stereocenters. The van der Waals surface area contributed by atoms with E-state index in [1.54, 1.807) is 18.2 Å². The third-order valence-electron chi connectivity index (χ3n) is 3.85. The first-order valence-electron chi connectivity index (χ1n) is 7.48. The van der Waals surface area contributed by atoms with Crippen molar-refractivity contribution in [1.82, 2.24) is 4.57 Å². The van der Waals surface area contributed by atoms with Crippen molar-refractivity contribution in [1.29, 1.82) is 5.26 Å². The van der Waals surface area contributed by atoms with Crippen LogP contribution in [0.15, 0.2) is 42.5 Å². The van der Waals surface area contributed by atoms with Gasteiger partial charge < -0.3 is 9.67 Å². The quantitative estimate of drug-likeness (QED) is 0.692. The lowest BCUT2D eigenvalue weighted by Gasteiger charge is -2.03. The predicted molar refractivity (Wildman–Crippen MR) is 91.2 cm³/mol. The number of rotatable bonds is 1. The fourth-order valence-corrected chi connectivity index (χ4v) is 2.68. The molecule has 0 aliphatic heterocycles. The largest absolute Gasteiger partial charge is 0.508 e. The minimum atomic E-state index is 0.187. The van der Waals surface area contributed by atoms with Crippen LogP contribution in [0.5, 0.6) is 5.75 Å². The third kappa shape index (κ3) is 2.65. The molecule has 2 aromatic carbocycles. The van der Waals surface area contributed by atoms with Crippen molar-refractivity contribution >= 4 is 10.9 Å². The second kappa shape index (κ2) is 5.91. The van der Waals surface area contributed by atoms with E-state index < -0.39 is 0 Å². The Balaban J connectivity index is 2.21. The first-order valence-corrected chi connectivity index (χ1v) is 7.48. The van der Waals surface area contributed by atoms with E-state index in [2.05, 4.69) is 17.9 Å². The monoisotopic (exact) mass is 300 g/mol. The summed E-state index contributed by atoms with van der Waals surface area (Å²) in [6.45, 7) is 4.72. The first-order chi connectivity index (χ1) is 11.1. The van der Waals surface area contributed by atoms with Gasteiger partial charge in [-0.3, -0.25) is 0 Å². The fourth-order valence-electron chi connectivity index (χ4n) is 2.68. The van der Waals surface area contributed by atoms with Crippen LogP contribution in [-0.2, 0) is 6.54 Å². The van der Waals surface area contributed by atoms with Gasteiger partial charge in [0.15, 0.2) is 0 Å². The van der Waals surface area contributed by atoms with E-state index in [1.165, 1.54) is 5.56 Å². The number of phenols is 1. The average molecular weight is 300 g/mol. The summed E-state index contributed by atoms with van der Waals surface area (Å²) < 4.78 is 1.97. The molecule has 0 amide bonds. The number of nitrogens with zero attached hydrogens (tertiary/aromatic N) is 2. The highest BCUT2D eigenvalue weighted by molar-refractivity contribution is 5.90. The topological polar surface area (TPSA) is 49.0 Å². The van der Waals surface area contributed by atoms with E-state index in [0.717, 1.165) is 16.5 Å². The molecule has 0 bridgehead atoms. The minimum Gasteiger partial charge on any atom is -0.508 e. The molecule has 3 nitrogen and oxygen atoms in total. The van der Waals surface area contributed by atoms with Crippen LogP contribution in [-0.4, -0.2) is 9.67 Å². The maximum Gasteiger partial charge on any atom is 0.117 e. The van der Waals surface area contributed by atoms with Crippen molar-refractivity contribution < 1.29 is 5.11 Å². The van der Waals surface area contributed by atoms with E-state index in [0.29, 0.717) is 17.8 Å². The number of hydrogen-bond donors (Lipinski definition) is 1. The van der Waals surface area contributed by atoms with Gasteiger partial charge in [-0.15, -0.1) is 0 Å². The van der Waals surface area contributed by atoms with Gasteiger partial charge >= 0.3 is 0 Å². The Bertz CT molecular complexity index is 977. The van der Waals surface area contributed by atoms with E-state index in [4.69, 9.17) is 0 Å². The normalized spacial score (nSPS) is 10.1. The van der Waals surface area contributed by atoms with Crippen LogP contribution in [0.4, 0.5) is 0 Å². The van der Waals surface area contributed by atoms with Crippen LogP contribution in [0.2, 0.25) is 0 Å². The Morgan fingerprint density at radius 2 is 1.83 bits per heavy atom. The van der Waals surface area contributed by atoms with Gasteiger partial charge in [0.2, 0.25) is 0 Å². The van der Waals surface area contributed by atoms with Gasteiger partial charge in [-0.1, -0.05) is 23.6 Å². The number of nitriles is 1. The van der Waals surface area contributed by atoms with E-state index in [1.807, 2.05) is 42.7 Å². The summed E-state index contributed by atoms with van der Waals surface area (Å²) in [5, 5.41) is 20.1. The molecule has 3 rings (SSSR count). The van der Waals surface area contributed by atoms with Gasteiger partial charge in [0, 0.05) is 23.6 Å². The van der Waals surface area contributed by atoms with Gasteiger partial charge in [0.1, 0.15) is 17.5 Å². The van der Waals surface area contributed by atoms with Crippen LogP contribution >= 0.6 is 0 Å². The third-order valence-corrected chi connectivity index (χ3v) is 3.85. The summed E-state index contributed by atoms with van der Waals surface area (Å²) in [4.78, 5) is 0. The van der Waals surface area contributed by atoms with E-state index >= 15 is 0 Å². The number of fused-ring (bicyclic) bond motifs is 1. The molecule has 1 aromatic heterocycles. The molecule has 3 aromatic rings. The van der Waals surface area contributed by atoms with Gasteiger partial charge in [0.05, 0.1) is 11.1 Å². The zero-order chi connectivity index (χ0) is 16.4. The standard InChI is InChI=1S/C20H16N2O/c1-3-22-19(11-8-15-6-4-14(2)5-7-15)18(13-21)17-10-9-16(23)12-20(17)22/h4-7,9-10,12,23H,3H2,1-2H3. The van der Waals surface area contributed by atoms with Crippen molar-refractivity contribution in [3.8, 4) is 23.7 Å². The van der Waals surface area contributed by atoms with Crippen LogP contribution in [0, 0.1) is 30.1 Å². The summed E-state index contributed by atoms with van der Waals surface area (Å²) in [7, 11) is 0. The second-order valence-electron chi connectivity index (χ2n) is 5.40. The smallest absolute Gasteiger partial charge is 0.117 e. The minimum absolute atomic E-state index is 0.187. The highest BCUT2D eigenvalue weighted by Gasteiger charge is 2.15. The van der Waals surface area contributed by atoms with Crippen molar-refractivity contribution in [2.75, 3.05) is 0 Å². The molecule has 0 radical (unpaired) electrons. The molecule has 1 heterocycles. The van der Waals surface area contributed by atoms with Crippen molar-refractivity contribution in [2.45, 2.75) is 20.4 Å². The summed E-state index contributed by atoms with van der Waals surface area (Å²) in [6.07, 6.45) is 0. The molecule has 1 N–H and O–H groups in total. The Morgan fingerprint density at radius 3 is 2.48 bits per heavy atom.